The highest BCUT2D eigenvalue weighted by Gasteiger charge is 2.37. The monoisotopic (exact) mass is 287 g/mol. The van der Waals surface area contributed by atoms with Gasteiger partial charge in [0, 0.05) is 13.1 Å². The van der Waals surface area contributed by atoms with E-state index in [1.54, 1.807) is 0 Å². The summed E-state index contributed by atoms with van der Waals surface area (Å²) in [5, 5.41) is 0. The van der Waals surface area contributed by atoms with Crippen molar-refractivity contribution in [3.8, 4) is 0 Å². The number of benzene rings is 1. The summed E-state index contributed by atoms with van der Waals surface area (Å²) in [6.45, 7) is 3.48. The minimum Gasteiger partial charge on any atom is -0.466 e. The van der Waals surface area contributed by atoms with Crippen LogP contribution < -0.4 is 0 Å². The molecule has 0 saturated carbocycles. The van der Waals surface area contributed by atoms with Crippen molar-refractivity contribution in [3.05, 3.63) is 35.4 Å². The standard InChI is InChI=1S/C17H21NO3/c1-2-21-17(20)13-7-5-9-18(11-13)16(19)15-10-12-6-3-4-8-14(12)15/h3-4,6,8,13,15H,2,5,7,9-11H2,1H3. The van der Waals surface area contributed by atoms with Crippen molar-refractivity contribution in [2.24, 2.45) is 5.92 Å². The van der Waals surface area contributed by atoms with E-state index in [0.29, 0.717) is 13.2 Å². The third-order valence-corrected chi connectivity index (χ3v) is 4.51. The molecular weight excluding hydrogens is 266 g/mol. The number of likely N-dealkylation sites (tertiary alicyclic amines) is 1. The van der Waals surface area contributed by atoms with Crippen molar-refractivity contribution >= 4 is 11.9 Å². The first-order valence-electron chi connectivity index (χ1n) is 7.74. The molecule has 0 bridgehead atoms. The van der Waals surface area contributed by atoms with E-state index in [4.69, 9.17) is 4.74 Å². The first-order valence-corrected chi connectivity index (χ1v) is 7.74. The number of rotatable bonds is 3. The second-order valence-electron chi connectivity index (χ2n) is 5.83. The van der Waals surface area contributed by atoms with Gasteiger partial charge in [-0.05, 0) is 37.3 Å². The van der Waals surface area contributed by atoms with Crippen LogP contribution in [0.3, 0.4) is 0 Å². The lowest BCUT2D eigenvalue weighted by Gasteiger charge is -2.37. The average Bonchev–Trinajstić information content (AvgIpc) is 2.49. The summed E-state index contributed by atoms with van der Waals surface area (Å²) in [7, 11) is 0. The Bertz CT molecular complexity index is 555. The Labute approximate surface area is 125 Å². The highest BCUT2D eigenvalue weighted by Crippen LogP contribution is 2.37. The molecule has 1 amide bonds. The van der Waals surface area contributed by atoms with Crippen molar-refractivity contribution in [1.29, 1.82) is 0 Å². The Morgan fingerprint density at radius 2 is 2.14 bits per heavy atom. The first-order chi connectivity index (χ1) is 10.2. The molecule has 1 aliphatic carbocycles. The SMILES string of the molecule is CCOC(=O)C1CCCN(C(=O)C2Cc3ccccc32)C1. The summed E-state index contributed by atoms with van der Waals surface area (Å²) in [5.74, 6) is -0.160. The number of ether oxygens (including phenoxy) is 1. The Morgan fingerprint density at radius 3 is 2.90 bits per heavy atom. The average molecular weight is 287 g/mol. The van der Waals surface area contributed by atoms with Gasteiger partial charge in [0.05, 0.1) is 18.4 Å². The molecule has 2 unspecified atom stereocenters. The number of hydrogen-bond donors (Lipinski definition) is 0. The number of piperidine rings is 1. The zero-order valence-electron chi connectivity index (χ0n) is 12.4. The summed E-state index contributed by atoms with van der Waals surface area (Å²) >= 11 is 0. The normalized spacial score (nSPS) is 24.0. The maximum atomic E-state index is 12.6. The number of fused-ring (bicyclic) bond motifs is 1. The van der Waals surface area contributed by atoms with Crippen molar-refractivity contribution < 1.29 is 14.3 Å². The number of carbonyl (C=O) groups is 2. The number of amides is 1. The van der Waals surface area contributed by atoms with Gasteiger partial charge in [-0.2, -0.15) is 0 Å². The van der Waals surface area contributed by atoms with Crippen molar-refractivity contribution in [2.45, 2.75) is 32.1 Å². The molecule has 0 N–H and O–H groups in total. The Morgan fingerprint density at radius 1 is 1.33 bits per heavy atom. The van der Waals surface area contributed by atoms with Gasteiger partial charge in [-0.1, -0.05) is 24.3 Å². The molecule has 112 valence electrons. The highest BCUT2D eigenvalue weighted by molar-refractivity contribution is 5.87. The second-order valence-corrected chi connectivity index (χ2v) is 5.83. The summed E-state index contributed by atoms with van der Waals surface area (Å²) in [5.41, 5.74) is 2.43. The fraction of sp³-hybridized carbons (Fsp3) is 0.529. The molecule has 21 heavy (non-hydrogen) atoms. The maximum Gasteiger partial charge on any atom is 0.310 e. The van der Waals surface area contributed by atoms with Crippen LogP contribution in [-0.4, -0.2) is 36.5 Å². The van der Waals surface area contributed by atoms with Crippen LogP contribution in [0.4, 0.5) is 0 Å². The maximum absolute atomic E-state index is 12.6. The highest BCUT2D eigenvalue weighted by atomic mass is 16.5. The predicted molar refractivity (Wildman–Crippen MR) is 78.8 cm³/mol. The number of esters is 1. The number of nitrogens with zero attached hydrogens (tertiary/aromatic N) is 1. The molecule has 0 aromatic heterocycles. The molecule has 2 atom stereocenters. The van der Waals surface area contributed by atoms with E-state index in [2.05, 4.69) is 6.07 Å². The molecular formula is C17H21NO3. The zero-order valence-corrected chi connectivity index (χ0v) is 12.4. The van der Waals surface area contributed by atoms with Crippen LogP contribution >= 0.6 is 0 Å². The first kappa shape index (κ1) is 14.1. The van der Waals surface area contributed by atoms with E-state index < -0.39 is 0 Å². The van der Waals surface area contributed by atoms with Crippen molar-refractivity contribution in [2.75, 3.05) is 19.7 Å². The van der Waals surface area contributed by atoms with Gasteiger partial charge >= 0.3 is 5.97 Å². The molecule has 2 aliphatic rings. The Balaban J connectivity index is 1.65. The van der Waals surface area contributed by atoms with Gasteiger partial charge in [0.25, 0.3) is 0 Å². The minimum atomic E-state index is -0.163. The quantitative estimate of drug-likeness (QED) is 0.800. The smallest absolute Gasteiger partial charge is 0.310 e. The second kappa shape index (κ2) is 5.88. The lowest BCUT2D eigenvalue weighted by atomic mass is 9.76. The van der Waals surface area contributed by atoms with Gasteiger partial charge in [0.15, 0.2) is 0 Å². The summed E-state index contributed by atoms with van der Waals surface area (Å²) in [4.78, 5) is 26.4. The lowest BCUT2D eigenvalue weighted by Crippen LogP contribution is -2.46. The molecule has 4 nitrogen and oxygen atoms in total. The van der Waals surface area contributed by atoms with Crippen LogP contribution in [0.15, 0.2) is 24.3 Å². The molecule has 0 spiro atoms. The summed E-state index contributed by atoms with van der Waals surface area (Å²) in [6.07, 6.45) is 2.53. The van der Waals surface area contributed by atoms with Gasteiger partial charge in [0.1, 0.15) is 0 Å². The summed E-state index contributed by atoms with van der Waals surface area (Å²) < 4.78 is 5.09. The van der Waals surface area contributed by atoms with Crippen LogP contribution in [0.2, 0.25) is 0 Å². The van der Waals surface area contributed by atoms with E-state index in [0.717, 1.165) is 31.4 Å². The molecule has 1 heterocycles. The summed E-state index contributed by atoms with van der Waals surface area (Å²) in [6, 6.07) is 8.11. The van der Waals surface area contributed by atoms with Crippen LogP contribution in [0.1, 0.15) is 36.8 Å². The third kappa shape index (κ3) is 2.67. The molecule has 1 fully saturated rings. The largest absolute Gasteiger partial charge is 0.466 e. The van der Waals surface area contributed by atoms with E-state index in [9.17, 15) is 9.59 Å². The lowest BCUT2D eigenvalue weighted by molar-refractivity contribution is -0.151. The van der Waals surface area contributed by atoms with Crippen LogP contribution in [-0.2, 0) is 20.7 Å². The van der Waals surface area contributed by atoms with Crippen LogP contribution in [0.25, 0.3) is 0 Å². The van der Waals surface area contributed by atoms with Crippen LogP contribution in [0, 0.1) is 5.92 Å². The fourth-order valence-electron chi connectivity index (χ4n) is 3.33. The van der Waals surface area contributed by atoms with E-state index in [1.165, 1.54) is 5.56 Å². The Hall–Kier alpha value is -1.84. The molecule has 0 radical (unpaired) electrons. The minimum absolute atomic E-state index is 0.0119. The molecule has 3 rings (SSSR count). The number of carbonyl (C=O) groups excluding carboxylic acids is 2. The molecule has 1 saturated heterocycles. The van der Waals surface area contributed by atoms with E-state index >= 15 is 0 Å². The van der Waals surface area contributed by atoms with Gasteiger partial charge in [-0.3, -0.25) is 9.59 Å². The zero-order chi connectivity index (χ0) is 14.8. The van der Waals surface area contributed by atoms with Crippen molar-refractivity contribution in [3.63, 3.8) is 0 Å². The van der Waals surface area contributed by atoms with Gasteiger partial charge in [-0.25, -0.2) is 0 Å². The fourth-order valence-corrected chi connectivity index (χ4v) is 3.33. The van der Waals surface area contributed by atoms with Crippen molar-refractivity contribution in [1.82, 2.24) is 4.90 Å². The van der Waals surface area contributed by atoms with Crippen LogP contribution in [0.5, 0.6) is 0 Å². The topological polar surface area (TPSA) is 46.6 Å². The van der Waals surface area contributed by atoms with Gasteiger partial charge in [0.2, 0.25) is 5.91 Å². The Kier molecular flexibility index (Phi) is 3.95. The van der Waals surface area contributed by atoms with E-state index in [-0.39, 0.29) is 23.7 Å². The molecule has 1 aromatic rings. The predicted octanol–water partition coefficient (Wildman–Crippen LogP) is 2.13. The van der Waals surface area contributed by atoms with E-state index in [1.807, 2.05) is 30.0 Å². The van der Waals surface area contributed by atoms with Gasteiger partial charge < -0.3 is 9.64 Å². The molecule has 1 aromatic carbocycles. The van der Waals surface area contributed by atoms with Gasteiger partial charge in [-0.15, -0.1) is 0 Å². The molecule has 1 aliphatic heterocycles. The molecule has 4 heteroatoms. The number of hydrogen-bond acceptors (Lipinski definition) is 3. The third-order valence-electron chi connectivity index (χ3n) is 4.51.